The molecule has 198 valence electrons. The van der Waals surface area contributed by atoms with E-state index < -0.39 is 16.1 Å². The number of aromatic nitrogens is 1. The lowest BCUT2D eigenvalue weighted by Crippen LogP contribution is -2.15. The molecule has 1 aromatic heterocycles. The second-order valence-electron chi connectivity index (χ2n) is 9.63. The third kappa shape index (κ3) is 5.19. The van der Waals surface area contributed by atoms with Crippen LogP contribution in [0.4, 0.5) is 23.0 Å². The van der Waals surface area contributed by atoms with E-state index in [-0.39, 0.29) is 16.3 Å². The van der Waals surface area contributed by atoms with Gasteiger partial charge in [-0.3, -0.25) is 4.55 Å². The summed E-state index contributed by atoms with van der Waals surface area (Å²) in [5.41, 5.74) is 9.08. The molecule has 8 nitrogen and oxygen atoms in total. The third-order valence-electron chi connectivity index (χ3n) is 7.14. The van der Waals surface area contributed by atoms with Gasteiger partial charge in [0.25, 0.3) is 10.1 Å². The van der Waals surface area contributed by atoms with E-state index in [4.69, 9.17) is 9.72 Å². The van der Waals surface area contributed by atoms with Crippen LogP contribution in [0.15, 0.2) is 17.0 Å². The number of nitrogens with one attached hydrogen (secondary N) is 2. The maximum absolute atomic E-state index is 12.8. The van der Waals surface area contributed by atoms with Crippen molar-refractivity contribution >= 4 is 39.1 Å². The molecule has 3 rings (SSSR count). The Labute approximate surface area is 219 Å². The first-order chi connectivity index (χ1) is 17.1. The Morgan fingerprint density at radius 3 is 1.78 bits per heavy atom. The van der Waals surface area contributed by atoms with E-state index in [9.17, 15) is 17.8 Å². The summed E-state index contributed by atoms with van der Waals surface area (Å²) in [6.45, 7) is 17.0. The molecule has 1 heterocycles. The lowest BCUT2D eigenvalue weighted by molar-refractivity contribution is 0.0600. The maximum atomic E-state index is 12.8. The quantitative estimate of drug-likeness (QED) is 0.251. The lowest BCUT2D eigenvalue weighted by atomic mass is 9.98. The lowest BCUT2D eigenvalue weighted by Gasteiger charge is -2.22. The first-order valence-electron chi connectivity index (χ1n) is 11.9. The Morgan fingerprint density at radius 2 is 1.24 bits per heavy atom. The molecule has 0 saturated heterocycles. The van der Waals surface area contributed by atoms with Crippen molar-refractivity contribution in [3.05, 3.63) is 67.8 Å². The molecule has 0 saturated carbocycles. The minimum Gasteiger partial charge on any atom is -0.465 e. The average molecular weight is 526 g/mol. The minimum atomic E-state index is -4.47. The van der Waals surface area contributed by atoms with Crippen molar-refractivity contribution in [3.8, 4) is 0 Å². The molecule has 3 aromatic rings. The fraction of sp³-hybridized carbons (Fsp3) is 0.357. The summed E-state index contributed by atoms with van der Waals surface area (Å²) in [4.78, 5) is 17.5. The standard InChI is InChI=1S/C28H35N3O5S/c1-13-11-14(2)23(19(7)17(13)5)29-26-20(8)18(6)22(28(32)36-10)27(31-26)30-24-15(3)12-16(4)25(21(24)9)37(33,34)35/h11-12H,1-10H3,(H2,29,30,31)(H,33,34,35). The van der Waals surface area contributed by atoms with E-state index in [1.807, 2.05) is 27.7 Å². The van der Waals surface area contributed by atoms with Crippen LogP contribution in [0, 0.1) is 62.3 Å². The van der Waals surface area contributed by atoms with Gasteiger partial charge >= 0.3 is 5.97 Å². The van der Waals surface area contributed by atoms with Crippen molar-refractivity contribution < 1.29 is 22.5 Å². The van der Waals surface area contributed by atoms with Gasteiger partial charge in [0.15, 0.2) is 0 Å². The van der Waals surface area contributed by atoms with Crippen LogP contribution in [0.5, 0.6) is 0 Å². The van der Waals surface area contributed by atoms with Crippen molar-refractivity contribution in [1.29, 1.82) is 0 Å². The molecule has 0 amide bonds. The Morgan fingerprint density at radius 1 is 0.730 bits per heavy atom. The van der Waals surface area contributed by atoms with E-state index in [1.54, 1.807) is 19.9 Å². The summed E-state index contributed by atoms with van der Waals surface area (Å²) in [6, 6.07) is 3.78. The van der Waals surface area contributed by atoms with Gasteiger partial charge in [-0.25, -0.2) is 9.78 Å². The highest BCUT2D eigenvalue weighted by Gasteiger charge is 2.25. The number of nitrogens with zero attached hydrogens (tertiary/aromatic N) is 1. The summed E-state index contributed by atoms with van der Waals surface area (Å²) < 4.78 is 39.1. The topological polar surface area (TPSA) is 118 Å². The normalized spacial score (nSPS) is 11.4. The fourth-order valence-corrected chi connectivity index (χ4v) is 5.78. The van der Waals surface area contributed by atoms with Gasteiger partial charge in [0.2, 0.25) is 0 Å². The van der Waals surface area contributed by atoms with E-state index >= 15 is 0 Å². The highest BCUT2D eigenvalue weighted by atomic mass is 32.2. The molecule has 0 aliphatic rings. The van der Waals surface area contributed by atoms with Crippen molar-refractivity contribution in [1.82, 2.24) is 4.98 Å². The summed E-state index contributed by atoms with van der Waals surface area (Å²) in [5, 5.41) is 6.64. The van der Waals surface area contributed by atoms with Crippen LogP contribution in [0.2, 0.25) is 0 Å². The molecule has 0 fully saturated rings. The highest BCUT2D eigenvalue weighted by Crippen LogP contribution is 2.37. The Hall–Kier alpha value is -3.43. The molecule has 3 N–H and O–H groups in total. The number of hydrogen-bond acceptors (Lipinski definition) is 7. The number of methoxy groups -OCH3 is 1. The number of carbonyl (C=O) groups is 1. The van der Waals surface area contributed by atoms with Crippen molar-refractivity contribution in [2.24, 2.45) is 0 Å². The number of rotatable bonds is 6. The number of benzene rings is 2. The van der Waals surface area contributed by atoms with Crippen molar-refractivity contribution in [3.63, 3.8) is 0 Å². The molecule has 0 unspecified atom stereocenters. The summed E-state index contributed by atoms with van der Waals surface area (Å²) >= 11 is 0. The predicted octanol–water partition coefficient (Wildman–Crippen LogP) is 6.38. The van der Waals surface area contributed by atoms with Crippen molar-refractivity contribution in [2.75, 3.05) is 17.7 Å². The van der Waals surface area contributed by atoms with Gasteiger partial charge in [-0.05, 0) is 112 Å². The maximum Gasteiger partial charge on any atom is 0.341 e. The van der Waals surface area contributed by atoms with Crippen LogP contribution in [0.25, 0.3) is 0 Å². The second-order valence-corrected chi connectivity index (χ2v) is 11.0. The first kappa shape index (κ1) is 28.1. The number of aryl methyl sites for hydroxylation is 4. The third-order valence-corrected chi connectivity index (χ3v) is 8.29. The number of carbonyl (C=O) groups excluding carboxylic acids is 1. The van der Waals surface area contributed by atoms with Gasteiger partial charge in [0.1, 0.15) is 22.1 Å². The smallest absolute Gasteiger partial charge is 0.341 e. The van der Waals surface area contributed by atoms with Gasteiger partial charge in [0, 0.05) is 11.4 Å². The Balaban J connectivity index is 2.28. The monoisotopic (exact) mass is 525 g/mol. The van der Waals surface area contributed by atoms with E-state index in [0.29, 0.717) is 28.2 Å². The molecular weight excluding hydrogens is 490 g/mol. The number of ether oxygens (including phenoxy) is 1. The van der Waals surface area contributed by atoms with Gasteiger partial charge in [-0.1, -0.05) is 12.1 Å². The summed E-state index contributed by atoms with van der Waals surface area (Å²) in [6.07, 6.45) is 0. The minimum absolute atomic E-state index is 0.177. The van der Waals surface area contributed by atoms with E-state index in [2.05, 4.69) is 37.5 Å². The number of esters is 1. The molecule has 0 aliphatic carbocycles. The van der Waals surface area contributed by atoms with E-state index in [0.717, 1.165) is 27.9 Å². The van der Waals surface area contributed by atoms with Crippen LogP contribution >= 0.6 is 0 Å². The van der Waals surface area contributed by atoms with Crippen LogP contribution < -0.4 is 10.6 Å². The number of hydrogen-bond donors (Lipinski definition) is 3. The summed E-state index contributed by atoms with van der Waals surface area (Å²) in [5.74, 6) is 0.200. The first-order valence-corrected chi connectivity index (χ1v) is 13.3. The zero-order valence-electron chi connectivity index (χ0n) is 23.1. The largest absolute Gasteiger partial charge is 0.465 e. The SMILES string of the molecule is COC(=O)c1c(Nc2c(C)cc(C)c(S(=O)(=O)O)c2C)nc(Nc2c(C)cc(C)c(C)c2C)c(C)c1C. The van der Waals surface area contributed by atoms with E-state index in [1.165, 1.54) is 18.2 Å². The number of anilines is 4. The molecule has 0 aliphatic heterocycles. The van der Waals surface area contributed by atoms with Crippen LogP contribution in [-0.2, 0) is 14.9 Å². The Bertz CT molecular complexity index is 1540. The van der Waals surface area contributed by atoms with Gasteiger partial charge < -0.3 is 15.4 Å². The predicted molar refractivity (Wildman–Crippen MR) is 147 cm³/mol. The molecule has 37 heavy (non-hydrogen) atoms. The fourth-order valence-electron chi connectivity index (χ4n) is 4.83. The molecule has 0 bridgehead atoms. The highest BCUT2D eigenvalue weighted by molar-refractivity contribution is 7.86. The average Bonchev–Trinajstić information content (AvgIpc) is 2.79. The zero-order valence-corrected chi connectivity index (χ0v) is 23.9. The molecule has 0 spiro atoms. The Kier molecular flexibility index (Phi) is 7.72. The molecular formula is C28H35N3O5S. The van der Waals surface area contributed by atoms with Crippen LogP contribution in [0.3, 0.4) is 0 Å². The molecule has 0 radical (unpaired) electrons. The van der Waals surface area contributed by atoms with Crippen molar-refractivity contribution in [2.45, 2.75) is 67.2 Å². The molecule has 0 atom stereocenters. The zero-order chi connectivity index (χ0) is 28.0. The molecule has 2 aromatic carbocycles. The van der Waals surface area contributed by atoms with Gasteiger partial charge in [-0.2, -0.15) is 8.42 Å². The van der Waals surface area contributed by atoms with Gasteiger partial charge in [0.05, 0.1) is 7.11 Å². The van der Waals surface area contributed by atoms with Gasteiger partial charge in [-0.15, -0.1) is 0 Å². The summed E-state index contributed by atoms with van der Waals surface area (Å²) in [7, 11) is -3.17. The molecule has 9 heteroatoms. The van der Waals surface area contributed by atoms with Crippen LogP contribution in [-0.4, -0.2) is 31.0 Å². The number of pyridine rings is 1. The van der Waals surface area contributed by atoms with Crippen LogP contribution in [0.1, 0.15) is 60.4 Å². The second kappa shape index (κ2) is 10.1.